The summed E-state index contributed by atoms with van der Waals surface area (Å²) in [6, 6.07) is 7.58. The van der Waals surface area contributed by atoms with E-state index in [2.05, 4.69) is 10.6 Å². The highest BCUT2D eigenvalue weighted by molar-refractivity contribution is 6.05. The fourth-order valence-electron chi connectivity index (χ4n) is 5.05. The van der Waals surface area contributed by atoms with E-state index >= 15 is 0 Å². The second kappa shape index (κ2) is 9.44. The van der Waals surface area contributed by atoms with Gasteiger partial charge in [0.15, 0.2) is 5.82 Å². The van der Waals surface area contributed by atoms with Crippen molar-refractivity contribution in [2.24, 2.45) is 0 Å². The molecule has 1 aromatic heterocycles. The molecule has 0 spiro atoms. The molecule has 3 aliphatic heterocycles. The maximum atomic E-state index is 14.1. The lowest BCUT2D eigenvalue weighted by molar-refractivity contribution is -0.136. The van der Waals surface area contributed by atoms with Crippen molar-refractivity contribution in [2.75, 3.05) is 60.0 Å². The number of morpholine rings is 1. The maximum absolute atomic E-state index is 14.1. The van der Waals surface area contributed by atoms with Gasteiger partial charge >= 0.3 is 6.18 Å². The maximum Gasteiger partial charge on any atom is 0.418 e. The molecule has 0 atom stereocenters. The third-order valence-corrected chi connectivity index (χ3v) is 7.01. The molecule has 2 fully saturated rings. The van der Waals surface area contributed by atoms with Crippen LogP contribution < -0.4 is 20.4 Å². The van der Waals surface area contributed by atoms with E-state index in [1.165, 1.54) is 12.1 Å². The molecule has 0 unspecified atom stereocenters. The quantitative estimate of drug-likeness (QED) is 0.638. The Hall–Kier alpha value is -3.05. The fourth-order valence-corrected chi connectivity index (χ4v) is 5.05. The largest absolute Gasteiger partial charge is 0.418 e. The lowest BCUT2D eigenvalue weighted by Gasteiger charge is -2.48. The summed E-state index contributed by atoms with van der Waals surface area (Å²) < 4.78 is 53.0. The molecule has 3 aliphatic rings. The Morgan fingerprint density at radius 3 is 2.44 bits per heavy atom. The highest BCUT2D eigenvalue weighted by Crippen LogP contribution is 2.42. The van der Waals surface area contributed by atoms with Crippen LogP contribution in [0.2, 0.25) is 0 Å². The number of carbonyl (C=O) groups excluding carboxylic acids is 1. The van der Waals surface area contributed by atoms with Gasteiger partial charge in [0.25, 0.3) is 0 Å². The number of benzene rings is 1. The van der Waals surface area contributed by atoms with Crippen molar-refractivity contribution in [3.8, 4) is 0 Å². The predicted molar refractivity (Wildman–Crippen MR) is 131 cm³/mol. The Labute approximate surface area is 207 Å². The normalized spacial score (nSPS) is 20.6. The molecule has 0 bridgehead atoms. The van der Waals surface area contributed by atoms with Crippen LogP contribution in [0.4, 0.5) is 41.9 Å². The minimum absolute atomic E-state index is 0.0276. The Morgan fingerprint density at radius 2 is 1.75 bits per heavy atom. The van der Waals surface area contributed by atoms with Gasteiger partial charge in [0.2, 0.25) is 5.91 Å². The van der Waals surface area contributed by atoms with Gasteiger partial charge in [-0.25, -0.2) is 4.98 Å². The van der Waals surface area contributed by atoms with Crippen LogP contribution in [0.15, 0.2) is 30.3 Å². The Balaban J connectivity index is 1.49. The van der Waals surface area contributed by atoms with Gasteiger partial charge in [-0.3, -0.25) is 4.79 Å². The Bertz CT molecular complexity index is 1130. The molecule has 1 aromatic carbocycles. The SMILES string of the molecule is CC1(C)C(=O)Nc2ccc(Nc3ccc(N4CCOCC4)cc3C(F)(F)F)nc2N1C1CCOCC1. The number of anilines is 5. The van der Waals surface area contributed by atoms with Crippen LogP contribution in [-0.4, -0.2) is 62.0 Å². The number of pyridine rings is 1. The minimum atomic E-state index is -4.55. The van der Waals surface area contributed by atoms with E-state index in [0.717, 1.165) is 12.8 Å². The average Bonchev–Trinajstić information content (AvgIpc) is 2.85. The molecule has 0 radical (unpaired) electrons. The first-order valence-corrected chi connectivity index (χ1v) is 12.1. The molecular weight excluding hydrogens is 475 g/mol. The van der Waals surface area contributed by atoms with Crippen LogP contribution in [0.5, 0.6) is 0 Å². The van der Waals surface area contributed by atoms with Gasteiger partial charge in [0.1, 0.15) is 11.4 Å². The number of amides is 1. The van der Waals surface area contributed by atoms with Crippen molar-refractivity contribution in [3.05, 3.63) is 35.9 Å². The topological polar surface area (TPSA) is 79.0 Å². The molecule has 2 saturated heterocycles. The monoisotopic (exact) mass is 505 g/mol. The van der Waals surface area contributed by atoms with Gasteiger partial charge in [-0.15, -0.1) is 0 Å². The summed E-state index contributed by atoms with van der Waals surface area (Å²) in [5, 5.41) is 5.77. The van der Waals surface area contributed by atoms with Crippen molar-refractivity contribution in [2.45, 2.75) is 44.4 Å². The molecule has 0 saturated carbocycles. The molecule has 2 N–H and O–H groups in total. The summed E-state index contributed by atoms with van der Waals surface area (Å²) in [5.74, 6) is 0.652. The van der Waals surface area contributed by atoms with Gasteiger partial charge in [-0.2, -0.15) is 13.2 Å². The van der Waals surface area contributed by atoms with Crippen LogP contribution in [0, 0.1) is 0 Å². The number of rotatable bonds is 4. The Morgan fingerprint density at radius 1 is 1.06 bits per heavy atom. The third kappa shape index (κ3) is 4.69. The van der Waals surface area contributed by atoms with Crippen molar-refractivity contribution >= 4 is 34.6 Å². The Kier molecular flexibility index (Phi) is 6.46. The molecule has 36 heavy (non-hydrogen) atoms. The predicted octanol–water partition coefficient (Wildman–Crippen LogP) is 4.40. The van der Waals surface area contributed by atoms with Crippen LogP contribution in [-0.2, 0) is 20.4 Å². The van der Waals surface area contributed by atoms with Gasteiger partial charge in [0, 0.05) is 38.0 Å². The lowest BCUT2D eigenvalue weighted by Crippen LogP contribution is -2.61. The minimum Gasteiger partial charge on any atom is -0.381 e. The smallest absolute Gasteiger partial charge is 0.381 e. The standard InChI is InChI=1S/C25H30F3N5O3/c1-24(2)23(34)30-20-5-6-21(31-22(20)33(24)16-7-11-35-12-8-16)29-19-4-3-17(15-18(19)25(26,27)28)32-9-13-36-14-10-32/h3-6,15-16H,7-14H2,1-2H3,(H,29,31)(H,30,34). The van der Waals surface area contributed by atoms with E-state index in [1.807, 2.05) is 23.6 Å². The highest BCUT2D eigenvalue weighted by atomic mass is 19.4. The molecule has 2 aromatic rings. The molecule has 194 valence electrons. The number of nitrogens with zero attached hydrogens (tertiary/aromatic N) is 3. The molecule has 8 nitrogen and oxygen atoms in total. The summed E-state index contributed by atoms with van der Waals surface area (Å²) in [6.07, 6.45) is -3.09. The van der Waals surface area contributed by atoms with E-state index in [9.17, 15) is 18.0 Å². The third-order valence-electron chi connectivity index (χ3n) is 7.01. The highest BCUT2D eigenvalue weighted by Gasteiger charge is 2.45. The second-order valence-corrected chi connectivity index (χ2v) is 9.75. The van der Waals surface area contributed by atoms with Crippen molar-refractivity contribution in [1.29, 1.82) is 0 Å². The lowest BCUT2D eigenvalue weighted by atomic mass is 9.93. The van der Waals surface area contributed by atoms with Crippen LogP contribution in [0.3, 0.4) is 0 Å². The van der Waals surface area contributed by atoms with Crippen LogP contribution in [0.25, 0.3) is 0 Å². The summed E-state index contributed by atoms with van der Waals surface area (Å²) in [7, 11) is 0. The summed E-state index contributed by atoms with van der Waals surface area (Å²) in [5.41, 5.74) is -0.679. The van der Waals surface area contributed by atoms with Crippen molar-refractivity contribution in [3.63, 3.8) is 0 Å². The summed E-state index contributed by atoms with van der Waals surface area (Å²) in [6.45, 7) is 6.87. The van der Waals surface area contributed by atoms with E-state index in [-0.39, 0.29) is 23.5 Å². The van der Waals surface area contributed by atoms with Crippen molar-refractivity contribution < 1.29 is 27.4 Å². The van der Waals surface area contributed by atoms with E-state index in [1.54, 1.807) is 18.2 Å². The molecular formula is C25H30F3N5O3. The zero-order valence-electron chi connectivity index (χ0n) is 20.3. The van der Waals surface area contributed by atoms with E-state index in [4.69, 9.17) is 14.5 Å². The number of carbonyl (C=O) groups is 1. The number of halogens is 3. The van der Waals surface area contributed by atoms with Gasteiger partial charge in [-0.05, 0) is 57.0 Å². The summed E-state index contributed by atoms with van der Waals surface area (Å²) in [4.78, 5) is 21.4. The van der Waals surface area contributed by atoms with Crippen LogP contribution >= 0.6 is 0 Å². The van der Waals surface area contributed by atoms with Gasteiger partial charge in [0.05, 0.1) is 30.2 Å². The first-order chi connectivity index (χ1) is 17.1. The number of fused-ring (bicyclic) bond motifs is 1. The second-order valence-electron chi connectivity index (χ2n) is 9.75. The summed E-state index contributed by atoms with van der Waals surface area (Å²) >= 11 is 0. The first kappa shape index (κ1) is 24.6. The van der Waals surface area contributed by atoms with Crippen LogP contribution in [0.1, 0.15) is 32.3 Å². The number of nitrogens with one attached hydrogen (secondary N) is 2. The number of hydrogen-bond donors (Lipinski definition) is 2. The number of ether oxygens (including phenoxy) is 2. The average molecular weight is 506 g/mol. The molecule has 1 amide bonds. The molecule has 11 heteroatoms. The number of hydrogen-bond acceptors (Lipinski definition) is 7. The molecule has 4 heterocycles. The zero-order chi connectivity index (χ0) is 25.5. The van der Waals surface area contributed by atoms with E-state index in [0.29, 0.717) is 56.7 Å². The van der Waals surface area contributed by atoms with E-state index < -0.39 is 17.3 Å². The zero-order valence-corrected chi connectivity index (χ0v) is 20.3. The van der Waals surface area contributed by atoms with Crippen molar-refractivity contribution in [1.82, 2.24) is 4.98 Å². The number of aromatic nitrogens is 1. The fraction of sp³-hybridized carbons (Fsp3) is 0.520. The van der Waals surface area contributed by atoms with Gasteiger partial charge < -0.3 is 29.9 Å². The van der Waals surface area contributed by atoms with Gasteiger partial charge in [-0.1, -0.05) is 0 Å². The first-order valence-electron chi connectivity index (χ1n) is 12.1. The molecule has 5 rings (SSSR count). The number of alkyl halides is 3. The molecule has 0 aliphatic carbocycles.